The van der Waals surface area contributed by atoms with Crippen molar-refractivity contribution in [2.45, 2.75) is 52.1 Å². The van der Waals surface area contributed by atoms with Crippen molar-refractivity contribution < 1.29 is 4.79 Å². The highest BCUT2D eigenvalue weighted by molar-refractivity contribution is 5.83. The van der Waals surface area contributed by atoms with Gasteiger partial charge in [-0.05, 0) is 30.2 Å². The molecule has 0 spiro atoms. The average molecular weight is 274 g/mol. The van der Waals surface area contributed by atoms with Gasteiger partial charge in [-0.1, -0.05) is 51.1 Å². The summed E-state index contributed by atoms with van der Waals surface area (Å²) in [6, 6.07) is 10.3. The molecule has 110 valence electrons. The Morgan fingerprint density at radius 3 is 2.60 bits per heavy atom. The van der Waals surface area contributed by atoms with Crippen LogP contribution in [0.4, 0.5) is 0 Å². The van der Waals surface area contributed by atoms with Crippen molar-refractivity contribution in [2.24, 2.45) is 11.1 Å². The summed E-state index contributed by atoms with van der Waals surface area (Å²) < 4.78 is 0. The standard InChI is InChI=1S/C17H26N2O/c1-17(2,3)15(18)16(20)19-11-7-10-14(19)12-13-8-5-4-6-9-13/h4-6,8-9,14-15H,7,10-12,18H2,1-3H3/t14?,15-/m0/s1. The zero-order valence-electron chi connectivity index (χ0n) is 12.8. The highest BCUT2D eigenvalue weighted by Crippen LogP contribution is 2.26. The largest absolute Gasteiger partial charge is 0.338 e. The number of carbonyl (C=O) groups excluding carboxylic acids is 1. The van der Waals surface area contributed by atoms with E-state index in [1.165, 1.54) is 5.56 Å². The van der Waals surface area contributed by atoms with Crippen molar-refractivity contribution in [3.63, 3.8) is 0 Å². The summed E-state index contributed by atoms with van der Waals surface area (Å²) in [7, 11) is 0. The van der Waals surface area contributed by atoms with Crippen LogP contribution in [0.25, 0.3) is 0 Å². The van der Waals surface area contributed by atoms with Gasteiger partial charge in [0.2, 0.25) is 5.91 Å². The molecule has 1 aromatic rings. The van der Waals surface area contributed by atoms with Crippen LogP contribution in [-0.4, -0.2) is 29.4 Å². The van der Waals surface area contributed by atoms with Crippen molar-refractivity contribution in [1.82, 2.24) is 4.90 Å². The summed E-state index contributed by atoms with van der Waals surface area (Å²) in [5.41, 5.74) is 7.25. The lowest BCUT2D eigenvalue weighted by molar-refractivity contribution is -0.135. The molecular formula is C17H26N2O. The number of nitrogens with zero attached hydrogens (tertiary/aromatic N) is 1. The minimum atomic E-state index is -0.418. The molecule has 1 unspecified atom stereocenters. The second-order valence-corrected chi connectivity index (χ2v) is 6.86. The Morgan fingerprint density at radius 2 is 2.00 bits per heavy atom. The van der Waals surface area contributed by atoms with E-state index in [9.17, 15) is 4.79 Å². The average Bonchev–Trinajstić information content (AvgIpc) is 2.85. The third-order valence-corrected chi connectivity index (χ3v) is 4.17. The van der Waals surface area contributed by atoms with E-state index in [0.717, 1.165) is 25.8 Å². The third-order valence-electron chi connectivity index (χ3n) is 4.17. The summed E-state index contributed by atoms with van der Waals surface area (Å²) in [5, 5.41) is 0. The number of amides is 1. The van der Waals surface area contributed by atoms with Crippen LogP contribution in [0.3, 0.4) is 0 Å². The molecule has 2 atom stereocenters. The fourth-order valence-corrected chi connectivity index (χ4v) is 2.77. The van der Waals surface area contributed by atoms with Gasteiger partial charge >= 0.3 is 0 Å². The van der Waals surface area contributed by atoms with Crippen LogP contribution in [0.5, 0.6) is 0 Å². The number of rotatable bonds is 3. The molecule has 2 N–H and O–H groups in total. The molecule has 1 fully saturated rings. The van der Waals surface area contributed by atoms with Crippen LogP contribution in [0.1, 0.15) is 39.2 Å². The first-order valence-corrected chi connectivity index (χ1v) is 7.49. The monoisotopic (exact) mass is 274 g/mol. The van der Waals surface area contributed by atoms with E-state index in [1.807, 2.05) is 31.7 Å². The predicted molar refractivity (Wildman–Crippen MR) is 82.3 cm³/mol. The van der Waals surface area contributed by atoms with Gasteiger partial charge in [0.15, 0.2) is 0 Å². The molecule has 1 heterocycles. The lowest BCUT2D eigenvalue weighted by Gasteiger charge is -2.33. The molecule has 0 saturated carbocycles. The molecule has 3 heteroatoms. The van der Waals surface area contributed by atoms with E-state index >= 15 is 0 Å². The van der Waals surface area contributed by atoms with E-state index in [-0.39, 0.29) is 11.3 Å². The fourth-order valence-electron chi connectivity index (χ4n) is 2.77. The molecule has 3 nitrogen and oxygen atoms in total. The molecule has 1 aliphatic heterocycles. The van der Waals surface area contributed by atoms with Gasteiger partial charge in [-0.2, -0.15) is 0 Å². The third kappa shape index (κ3) is 3.40. The molecule has 0 radical (unpaired) electrons. The van der Waals surface area contributed by atoms with Crippen molar-refractivity contribution in [1.29, 1.82) is 0 Å². The summed E-state index contributed by atoms with van der Waals surface area (Å²) in [6.45, 7) is 6.92. The van der Waals surface area contributed by atoms with Crippen LogP contribution >= 0.6 is 0 Å². The summed E-state index contributed by atoms with van der Waals surface area (Å²) in [6.07, 6.45) is 3.10. The molecule has 0 aromatic heterocycles. The number of carbonyl (C=O) groups is 1. The number of likely N-dealkylation sites (tertiary alicyclic amines) is 1. The summed E-state index contributed by atoms with van der Waals surface area (Å²) >= 11 is 0. The Labute approximate surface area is 122 Å². The topological polar surface area (TPSA) is 46.3 Å². The second-order valence-electron chi connectivity index (χ2n) is 6.86. The zero-order valence-corrected chi connectivity index (χ0v) is 12.8. The molecule has 2 rings (SSSR count). The number of nitrogens with two attached hydrogens (primary N) is 1. The Balaban J connectivity index is 2.06. The molecule has 0 aliphatic carbocycles. The SMILES string of the molecule is CC(C)(C)[C@@H](N)C(=O)N1CCCC1Cc1ccccc1. The fraction of sp³-hybridized carbons (Fsp3) is 0.588. The van der Waals surface area contributed by atoms with Crippen molar-refractivity contribution in [3.8, 4) is 0 Å². The highest BCUT2D eigenvalue weighted by atomic mass is 16.2. The predicted octanol–water partition coefficient (Wildman–Crippen LogP) is 2.59. The lowest BCUT2D eigenvalue weighted by Crippen LogP contribution is -2.52. The van der Waals surface area contributed by atoms with E-state index in [4.69, 9.17) is 5.73 Å². The van der Waals surface area contributed by atoms with Gasteiger partial charge in [0.1, 0.15) is 0 Å². The molecule has 20 heavy (non-hydrogen) atoms. The van der Waals surface area contributed by atoms with Gasteiger partial charge in [-0.15, -0.1) is 0 Å². The Hall–Kier alpha value is -1.35. The maximum absolute atomic E-state index is 12.6. The Kier molecular flexibility index (Phi) is 4.48. The van der Waals surface area contributed by atoms with Crippen LogP contribution < -0.4 is 5.73 Å². The maximum atomic E-state index is 12.6. The van der Waals surface area contributed by atoms with Gasteiger partial charge < -0.3 is 10.6 Å². The molecular weight excluding hydrogens is 248 g/mol. The molecule has 1 saturated heterocycles. The van der Waals surface area contributed by atoms with Crippen molar-refractivity contribution in [3.05, 3.63) is 35.9 Å². The first-order valence-electron chi connectivity index (χ1n) is 7.49. The first-order chi connectivity index (χ1) is 9.39. The quantitative estimate of drug-likeness (QED) is 0.921. The van der Waals surface area contributed by atoms with Crippen LogP contribution in [0.2, 0.25) is 0 Å². The van der Waals surface area contributed by atoms with Gasteiger partial charge in [0.25, 0.3) is 0 Å². The highest BCUT2D eigenvalue weighted by Gasteiger charge is 2.36. The van der Waals surface area contributed by atoms with E-state index in [0.29, 0.717) is 6.04 Å². The van der Waals surface area contributed by atoms with E-state index in [2.05, 4.69) is 24.3 Å². The first kappa shape index (κ1) is 15.0. The summed E-state index contributed by atoms with van der Waals surface area (Å²) in [5.74, 6) is 0.107. The van der Waals surface area contributed by atoms with Crippen molar-refractivity contribution in [2.75, 3.05) is 6.54 Å². The molecule has 1 aliphatic rings. The number of benzene rings is 1. The minimum absolute atomic E-state index is 0.107. The normalized spacial score (nSPS) is 21.0. The van der Waals surface area contributed by atoms with Gasteiger partial charge in [-0.25, -0.2) is 0 Å². The van der Waals surface area contributed by atoms with Gasteiger partial charge in [0.05, 0.1) is 6.04 Å². The molecule has 0 bridgehead atoms. The Morgan fingerprint density at radius 1 is 1.35 bits per heavy atom. The molecule has 1 amide bonds. The summed E-state index contributed by atoms with van der Waals surface area (Å²) in [4.78, 5) is 14.6. The molecule has 1 aromatic carbocycles. The lowest BCUT2D eigenvalue weighted by atomic mass is 9.86. The van der Waals surface area contributed by atoms with Crippen LogP contribution in [0.15, 0.2) is 30.3 Å². The maximum Gasteiger partial charge on any atom is 0.240 e. The smallest absolute Gasteiger partial charge is 0.240 e. The minimum Gasteiger partial charge on any atom is -0.338 e. The zero-order chi connectivity index (χ0) is 14.8. The van der Waals surface area contributed by atoms with E-state index < -0.39 is 6.04 Å². The van der Waals surface area contributed by atoms with Crippen LogP contribution in [0, 0.1) is 5.41 Å². The Bertz CT molecular complexity index is 450. The van der Waals surface area contributed by atoms with E-state index in [1.54, 1.807) is 0 Å². The van der Waals surface area contributed by atoms with Crippen LogP contribution in [-0.2, 0) is 11.2 Å². The van der Waals surface area contributed by atoms with Gasteiger partial charge in [0, 0.05) is 12.6 Å². The number of hydrogen-bond donors (Lipinski definition) is 1. The number of hydrogen-bond acceptors (Lipinski definition) is 2. The second kappa shape index (κ2) is 5.96. The van der Waals surface area contributed by atoms with Gasteiger partial charge in [-0.3, -0.25) is 4.79 Å². The van der Waals surface area contributed by atoms with Crippen molar-refractivity contribution >= 4 is 5.91 Å².